The Bertz CT molecular complexity index is 738. The van der Waals surface area contributed by atoms with Crippen LogP contribution in [0.25, 0.3) is 5.69 Å². The summed E-state index contributed by atoms with van der Waals surface area (Å²) in [6.45, 7) is 0. The molecule has 7 nitrogen and oxygen atoms in total. The van der Waals surface area contributed by atoms with Crippen molar-refractivity contribution >= 4 is 27.5 Å². The normalized spacial score (nSPS) is 10.4. The van der Waals surface area contributed by atoms with E-state index in [-0.39, 0.29) is 5.91 Å². The summed E-state index contributed by atoms with van der Waals surface area (Å²) >= 11 is 3.17. The molecule has 0 radical (unpaired) electrons. The molecule has 0 aliphatic rings. The molecule has 0 saturated heterocycles. The number of hydrogen-bond acceptors (Lipinski definition) is 5. The average molecular weight is 334 g/mol. The third kappa shape index (κ3) is 2.45. The highest BCUT2D eigenvalue weighted by atomic mass is 79.9. The van der Waals surface area contributed by atoms with Gasteiger partial charge in [0.25, 0.3) is 5.91 Å². The zero-order valence-electron chi connectivity index (χ0n) is 10.0. The number of nitrogens with zero attached hydrogens (tertiary/aromatic N) is 4. The Morgan fingerprint density at radius 2 is 2.25 bits per heavy atom. The highest BCUT2D eigenvalue weighted by Gasteiger charge is 2.13. The van der Waals surface area contributed by atoms with Gasteiger partial charge < -0.3 is 9.73 Å². The standard InChI is InChI=1S/C12H8BrN5O2/c13-11-10(4-5-20-11)12(19)15-8-2-1-3-9(6-8)18-7-14-16-17-18/h1-7H,(H,15,19). The van der Waals surface area contributed by atoms with Crippen LogP contribution in [0.4, 0.5) is 5.69 Å². The van der Waals surface area contributed by atoms with E-state index in [1.54, 1.807) is 24.3 Å². The molecule has 1 amide bonds. The fourth-order valence-corrected chi connectivity index (χ4v) is 2.08. The first-order chi connectivity index (χ1) is 9.74. The van der Waals surface area contributed by atoms with Crippen LogP contribution in [0, 0.1) is 0 Å². The third-order valence-corrected chi connectivity index (χ3v) is 3.19. The van der Waals surface area contributed by atoms with Crippen molar-refractivity contribution in [2.24, 2.45) is 0 Å². The monoisotopic (exact) mass is 333 g/mol. The topological polar surface area (TPSA) is 85.8 Å². The molecule has 0 bridgehead atoms. The zero-order valence-corrected chi connectivity index (χ0v) is 11.6. The largest absolute Gasteiger partial charge is 0.457 e. The maximum Gasteiger partial charge on any atom is 0.260 e. The van der Waals surface area contributed by atoms with Crippen LogP contribution in [0.3, 0.4) is 0 Å². The number of rotatable bonds is 3. The quantitative estimate of drug-likeness (QED) is 0.794. The summed E-state index contributed by atoms with van der Waals surface area (Å²) < 4.78 is 6.93. The summed E-state index contributed by atoms with van der Waals surface area (Å²) in [6.07, 6.45) is 2.92. The molecule has 2 heterocycles. The summed E-state index contributed by atoms with van der Waals surface area (Å²) in [6, 6.07) is 8.77. The Hall–Kier alpha value is -2.48. The second-order valence-corrected chi connectivity index (χ2v) is 4.59. The Balaban J connectivity index is 1.83. The molecule has 0 atom stereocenters. The zero-order chi connectivity index (χ0) is 13.9. The molecule has 3 aromatic rings. The minimum Gasteiger partial charge on any atom is -0.457 e. The van der Waals surface area contributed by atoms with Crippen LogP contribution in [-0.4, -0.2) is 26.1 Å². The molecule has 20 heavy (non-hydrogen) atoms. The molecule has 0 aliphatic carbocycles. The molecule has 3 rings (SSSR count). The first-order valence-corrected chi connectivity index (χ1v) is 6.41. The van der Waals surface area contributed by atoms with Crippen LogP contribution in [-0.2, 0) is 0 Å². The van der Waals surface area contributed by atoms with E-state index in [0.29, 0.717) is 15.9 Å². The van der Waals surface area contributed by atoms with Crippen molar-refractivity contribution in [1.82, 2.24) is 20.2 Å². The number of furan rings is 1. The van der Waals surface area contributed by atoms with Gasteiger partial charge in [0, 0.05) is 5.69 Å². The molecule has 0 unspecified atom stereocenters. The molecule has 100 valence electrons. The van der Waals surface area contributed by atoms with Gasteiger partial charge in [-0.05, 0) is 50.6 Å². The predicted octanol–water partition coefficient (Wildman–Crippen LogP) is 2.27. The molecule has 8 heteroatoms. The van der Waals surface area contributed by atoms with Crippen molar-refractivity contribution in [3.63, 3.8) is 0 Å². The average Bonchev–Trinajstić information content (AvgIpc) is 3.09. The minimum atomic E-state index is -0.264. The van der Waals surface area contributed by atoms with Crippen LogP contribution >= 0.6 is 15.9 Å². The van der Waals surface area contributed by atoms with Crippen LogP contribution in [0.15, 0.2) is 52.0 Å². The number of anilines is 1. The second-order valence-electron chi connectivity index (χ2n) is 3.87. The third-order valence-electron chi connectivity index (χ3n) is 2.58. The van der Waals surface area contributed by atoms with Gasteiger partial charge in [-0.3, -0.25) is 4.79 Å². The summed E-state index contributed by atoms with van der Waals surface area (Å²) in [5.74, 6) is -0.264. The lowest BCUT2D eigenvalue weighted by Gasteiger charge is -2.06. The first kappa shape index (κ1) is 12.5. The van der Waals surface area contributed by atoms with E-state index in [0.717, 1.165) is 5.69 Å². The summed E-state index contributed by atoms with van der Waals surface area (Å²) in [4.78, 5) is 12.0. The lowest BCUT2D eigenvalue weighted by atomic mass is 10.2. The molecular weight excluding hydrogens is 326 g/mol. The molecule has 1 aromatic carbocycles. The van der Waals surface area contributed by atoms with Gasteiger partial charge in [0.1, 0.15) is 6.33 Å². The number of carbonyl (C=O) groups excluding carboxylic acids is 1. The number of aromatic nitrogens is 4. The Morgan fingerprint density at radius 1 is 1.35 bits per heavy atom. The van der Waals surface area contributed by atoms with Gasteiger partial charge in [0.05, 0.1) is 17.5 Å². The number of halogens is 1. The van der Waals surface area contributed by atoms with Crippen molar-refractivity contribution in [3.05, 3.63) is 53.2 Å². The van der Waals surface area contributed by atoms with Gasteiger partial charge in [0.15, 0.2) is 4.67 Å². The molecule has 2 aromatic heterocycles. The van der Waals surface area contributed by atoms with Crippen LogP contribution < -0.4 is 5.32 Å². The van der Waals surface area contributed by atoms with Gasteiger partial charge in [-0.25, -0.2) is 4.68 Å². The fraction of sp³-hybridized carbons (Fsp3) is 0. The molecule has 0 saturated carbocycles. The van der Waals surface area contributed by atoms with E-state index in [2.05, 4.69) is 36.8 Å². The van der Waals surface area contributed by atoms with Crippen LogP contribution in [0.5, 0.6) is 0 Å². The van der Waals surface area contributed by atoms with Gasteiger partial charge in [-0.2, -0.15) is 0 Å². The highest BCUT2D eigenvalue weighted by molar-refractivity contribution is 9.10. The van der Waals surface area contributed by atoms with Crippen LogP contribution in [0.1, 0.15) is 10.4 Å². The SMILES string of the molecule is O=C(Nc1cccc(-n2cnnn2)c1)c1ccoc1Br. The molecule has 0 spiro atoms. The predicted molar refractivity (Wildman–Crippen MR) is 73.5 cm³/mol. The number of amides is 1. The number of hydrogen-bond donors (Lipinski definition) is 1. The van der Waals surface area contributed by atoms with Crippen molar-refractivity contribution in [1.29, 1.82) is 0 Å². The molecule has 0 aliphatic heterocycles. The smallest absolute Gasteiger partial charge is 0.260 e. The fourth-order valence-electron chi connectivity index (χ4n) is 1.66. The Labute approximate surface area is 121 Å². The molecule has 1 N–H and O–H groups in total. The Morgan fingerprint density at radius 3 is 2.95 bits per heavy atom. The molecular formula is C12H8BrN5O2. The van der Waals surface area contributed by atoms with E-state index in [4.69, 9.17) is 4.42 Å². The number of nitrogens with one attached hydrogen (secondary N) is 1. The van der Waals surface area contributed by atoms with E-state index < -0.39 is 0 Å². The number of benzene rings is 1. The highest BCUT2D eigenvalue weighted by Crippen LogP contribution is 2.20. The first-order valence-electron chi connectivity index (χ1n) is 5.62. The van der Waals surface area contributed by atoms with Crippen molar-refractivity contribution < 1.29 is 9.21 Å². The van der Waals surface area contributed by atoms with E-state index in [9.17, 15) is 4.79 Å². The van der Waals surface area contributed by atoms with Crippen molar-refractivity contribution in [3.8, 4) is 5.69 Å². The summed E-state index contributed by atoms with van der Waals surface area (Å²) in [7, 11) is 0. The van der Waals surface area contributed by atoms with Gasteiger partial charge in [-0.1, -0.05) is 6.07 Å². The summed E-state index contributed by atoms with van der Waals surface area (Å²) in [5, 5.41) is 13.7. The number of carbonyl (C=O) groups is 1. The summed E-state index contributed by atoms with van der Waals surface area (Å²) in [5.41, 5.74) is 1.81. The minimum absolute atomic E-state index is 0.264. The maximum absolute atomic E-state index is 12.0. The van der Waals surface area contributed by atoms with Gasteiger partial charge >= 0.3 is 0 Å². The number of tetrazole rings is 1. The lowest BCUT2D eigenvalue weighted by Crippen LogP contribution is -2.11. The van der Waals surface area contributed by atoms with E-state index in [1.165, 1.54) is 17.3 Å². The van der Waals surface area contributed by atoms with E-state index in [1.807, 2.05) is 6.07 Å². The maximum atomic E-state index is 12.0. The van der Waals surface area contributed by atoms with Crippen molar-refractivity contribution in [2.75, 3.05) is 5.32 Å². The van der Waals surface area contributed by atoms with Gasteiger partial charge in [-0.15, -0.1) is 5.10 Å². The molecule has 0 fully saturated rings. The van der Waals surface area contributed by atoms with Gasteiger partial charge in [0.2, 0.25) is 0 Å². The van der Waals surface area contributed by atoms with Crippen LogP contribution in [0.2, 0.25) is 0 Å². The second kappa shape index (κ2) is 5.25. The van der Waals surface area contributed by atoms with E-state index >= 15 is 0 Å². The van der Waals surface area contributed by atoms with Crippen molar-refractivity contribution in [2.45, 2.75) is 0 Å². The lowest BCUT2D eigenvalue weighted by molar-refractivity contribution is 0.102. The Kier molecular flexibility index (Phi) is 3.30.